The number of rotatable bonds is 5. The Labute approximate surface area is 125 Å². The molecule has 2 aromatic rings. The van der Waals surface area contributed by atoms with Gasteiger partial charge in [0.2, 0.25) is 0 Å². The van der Waals surface area contributed by atoms with Gasteiger partial charge in [0.05, 0.1) is 18.6 Å². The summed E-state index contributed by atoms with van der Waals surface area (Å²) in [5.41, 5.74) is 0.778. The lowest BCUT2D eigenvalue weighted by atomic mass is 9.85. The maximum atomic E-state index is 12.2. The predicted octanol–water partition coefficient (Wildman–Crippen LogP) is 3.71. The first kappa shape index (κ1) is 15.5. The SMILES string of the molecule is CCOC(=O)C(C(C)C)C(O)c1cccc2ccccc12. The summed E-state index contributed by atoms with van der Waals surface area (Å²) in [6.07, 6.45) is -0.866. The summed E-state index contributed by atoms with van der Waals surface area (Å²) in [6, 6.07) is 13.7. The van der Waals surface area contributed by atoms with Crippen molar-refractivity contribution in [3.63, 3.8) is 0 Å². The van der Waals surface area contributed by atoms with Gasteiger partial charge in [0, 0.05) is 0 Å². The van der Waals surface area contributed by atoms with Crippen LogP contribution in [-0.4, -0.2) is 17.7 Å². The molecule has 0 spiro atoms. The molecule has 0 amide bonds. The van der Waals surface area contributed by atoms with E-state index in [4.69, 9.17) is 4.74 Å². The number of carbonyl (C=O) groups excluding carboxylic acids is 1. The number of esters is 1. The zero-order chi connectivity index (χ0) is 15.4. The van der Waals surface area contributed by atoms with E-state index in [9.17, 15) is 9.90 Å². The van der Waals surface area contributed by atoms with Crippen LogP contribution in [0.5, 0.6) is 0 Å². The molecule has 0 aliphatic carbocycles. The highest BCUT2D eigenvalue weighted by molar-refractivity contribution is 5.86. The highest BCUT2D eigenvalue weighted by atomic mass is 16.5. The highest BCUT2D eigenvalue weighted by Crippen LogP contribution is 2.33. The summed E-state index contributed by atoms with van der Waals surface area (Å²) in [7, 11) is 0. The molecule has 3 heteroatoms. The molecule has 2 rings (SSSR count). The quantitative estimate of drug-likeness (QED) is 0.852. The van der Waals surface area contributed by atoms with E-state index in [0.29, 0.717) is 6.61 Å². The Kier molecular flexibility index (Phi) is 4.97. The van der Waals surface area contributed by atoms with Crippen molar-refractivity contribution in [1.29, 1.82) is 0 Å². The van der Waals surface area contributed by atoms with Gasteiger partial charge >= 0.3 is 5.97 Å². The van der Waals surface area contributed by atoms with E-state index in [-0.39, 0.29) is 11.9 Å². The average molecular weight is 286 g/mol. The molecule has 21 heavy (non-hydrogen) atoms. The van der Waals surface area contributed by atoms with E-state index in [2.05, 4.69) is 0 Å². The van der Waals surface area contributed by atoms with Crippen LogP contribution in [0.2, 0.25) is 0 Å². The van der Waals surface area contributed by atoms with Gasteiger partial charge in [-0.2, -0.15) is 0 Å². The largest absolute Gasteiger partial charge is 0.466 e. The van der Waals surface area contributed by atoms with Crippen LogP contribution in [0, 0.1) is 11.8 Å². The average Bonchev–Trinajstić information content (AvgIpc) is 2.46. The Morgan fingerprint density at radius 2 is 1.81 bits per heavy atom. The smallest absolute Gasteiger partial charge is 0.312 e. The number of fused-ring (bicyclic) bond motifs is 1. The zero-order valence-electron chi connectivity index (χ0n) is 12.7. The lowest BCUT2D eigenvalue weighted by Crippen LogP contribution is -2.29. The maximum Gasteiger partial charge on any atom is 0.312 e. The number of hydrogen-bond donors (Lipinski definition) is 1. The second-order valence-electron chi connectivity index (χ2n) is 5.54. The second-order valence-corrected chi connectivity index (χ2v) is 5.54. The van der Waals surface area contributed by atoms with E-state index >= 15 is 0 Å². The molecule has 0 aromatic heterocycles. The minimum Gasteiger partial charge on any atom is -0.466 e. The van der Waals surface area contributed by atoms with Crippen LogP contribution < -0.4 is 0 Å². The van der Waals surface area contributed by atoms with E-state index < -0.39 is 12.0 Å². The number of benzene rings is 2. The summed E-state index contributed by atoms with van der Waals surface area (Å²) >= 11 is 0. The summed E-state index contributed by atoms with van der Waals surface area (Å²) in [4.78, 5) is 12.2. The van der Waals surface area contributed by atoms with Crippen LogP contribution in [0.15, 0.2) is 42.5 Å². The Balaban J connectivity index is 2.43. The lowest BCUT2D eigenvalue weighted by Gasteiger charge is -2.25. The third kappa shape index (κ3) is 3.24. The maximum absolute atomic E-state index is 12.2. The van der Waals surface area contributed by atoms with Crippen molar-refractivity contribution in [1.82, 2.24) is 0 Å². The summed E-state index contributed by atoms with van der Waals surface area (Å²) in [5, 5.41) is 12.8. The van der Waals surface area contributed by atoms with Gasteiger partial charge in [0.1, 0.15) is 0 Å². The van der Waals surface area contributed by atoms with Crippen molar-refractivity contribution in [3.8, 4) is 0 Å². The van der Waals surface area contributed by atoms with Gasteiger partial charge in [-0.15, -0.1) is 0 Å². The molecular weight excluding hydrogens is 264 g/mol. The predicted molar refractivity (Wildman–Crippen MR) is 83.9 cm³/mol. The molecule has 0 heterocycles. The van der Waals surface area contributed by atoms with Crippen molar-refractivity contribution in [2.24, 2.45) is 11.8 Å². The van der Waals surface area contributed by atoms with E-state index in [1.807, 2.05) is 56.3 Å². The molecular formula is C18H22O3. The Hall–Kier alpha value is -1.87. The number of ether oxygens (including phenoxy) is 1. The summed E-state index contributed by atoms with van der Waals surface area (Å²) in [6.45, 7) is 5.95. The molecule has 0 aliphatic rings. The molecule has 0 radical (unpaired) electrons. The van der Waals surface area contributed by atoms with Gasteiger partial charge in [-0.25, -0.2) is 0 Å². The van der Waals surface area contributed by atoms with Crippen LogP contribution in [0.4, 0.5) is 0 Å². The van der Waals surface area contributed by atoms with E-state index in [1.165, 1.54) is 0 Å². The molecule has 0 aliphatic heterocycles. The van der Waals surface area contributed by atoms with Gasteiger partial charge in [0.25, 0.3) is 0 Å². The minimum atomic E-state index is -0.866. The number of hydrogen-bond acceptors (Lipinski definition) is 3. The number of aliphatic hydroxyl groups excluding tert-OH is 1. The van der Waals surface area contributed by atoms with Crippen molar-refractivity contribution < 1.29 is 14.6 Å². The molecule has 2 aromatic carbocycles. The topological polar surface area (TPSA) is 46.5 Å². The molecule has 0 saturated heterocycles. The first-order valence-electron chi connectivity index (χ1n) is 7.38. The van der Waals surface area contributed by atoms with Gasteiger partial charge < -0.3 is 9.84 Å². The molecule has 0 fully saturated rings. The number of carbonyl (C=O) groups is 1. The summed E-state index contributed by atoms with van der Waals surface area (Å²) in [5.74, 6) is -0.901. The summed E-state index contributed by atoms with van der Waals surface area (Å²) < 4.78 is 5.12. The van der Waals surface area contributed by atoms with E-state index in [1.54, 1.807) is 6.92 Å². The fourth-order valence-electron chi connectivity index (χ4n) is 2.71. The van der Waals surface area contributed by atoms with Crippen LogP contribution in [-0.2, 0) is 9.53 Å². The van der Waals surface area contributed by atoms with Gasteiger partial charge in [0.15, 0.2) is 0 Å². The number of aliphatic hydroxyl groups is 1. The lowest BCUT2D eigenvalue weighted by molar-refractivity contribution is -0.154. The standard InChI is InChI=1S/C18H22O3/c1-4-21-18(20)16(12(2)3)17(19)15-11-7-9-13-8-5-6-10-14(13)15/h5-12,16-17,19H,4H2,1-3H3. The molecule has 0 saturated carbocycles. The fraction of sp³-hybridized carbons (Fsp3) is 0.389. The highest BCUT2D eigenvalue weighted by Gasteiger charge is 2.32. The minimum absolute atomic E-state index is 0.00183. The Bertz CT molecular complexity index is 613. The van der Waals surface area contributed by atoms with Gasteiger partial charge in [-0.3, -0.25) is 4.79 Å². The van der Waals surface area contributed by atoms with Crippen LogP contribution in [0.1, 0.15) is 32.4 Å². The third-order valence-corrected chi connectivity index (χ3v) is 3.76. The van der Waals surface area contributed by atoms with Gasteiger partial charge in [-0.1, -0.05) is 56.3 Å². The molecule has 2 unspecified atom stereocenters. The normalized spacial score (nSPS) is 14.1. The fourth-order valence-corrected chi connectivity index (χ4v) is 2.71. The molecule has 3 nitrogen and oxygen atoms in total. The first-order chi connectivity index (χ1) is 10.1. The van der Waals surface area contributed by atoms with Crippen molar-refractivity contribution in [2.45, 2.75) is 26.9 Å². The molecule has 2 atom stereocenters. The second kappa shape index (κ2) is 6.72. The van der Waals surface area contributed by atoms with Gasteiger partial charge in [-0.05, 0) is 29.2 Å². The first-order valence-corrected chi connectivity index (χ1v) is 7.38. The van der Waals surface area contributed by atoms with Crippen molar-refractivity contribution >= 4 is 16.7 Å². The molecule has 112 valence electrons. The van der Waals surface area contributed by atoms with E-state index in [0.717, 1.165) is 16.3 Å². The molecule has 0 bridgehead atoms. The van der Waals surface area contributed by atoms with Crippen LogP contribution in [0.25, 0.3) is 10.8 Å². The monoisotopic (exact) mass is 286 g/mol. The van der Waals surface area contributed by atoms with Crippen LogP contribution in [0.3, 0.4) is 0 Å². The van der Waals surface area contributed by atoms with Crippen molar-refractivity contribution in [3.05, 3.63) is 48.0 Å². The Morgan fingerprint density at radius 1 is 1.14 bits per heavy atom. The third-order valence-electron chi connectivity index (χ3n) is 3.76. The van der Waals surface area contributed by atoms with Crippen LogP contribution >= 0.6 is 0 Å². The Morgan fingerprint density at radius 3 is 2.48 bits per heavy atom. The molecule has 1 N–H and O–H groups in total. The zero-order valence-corrected chi connectivity index (χ0v) is 12.7. The van der Waals surface area contributed by atoms with Crippen molar-refractivity contribution in [2.75, 3.05) is 6.61 Å².